The summed E-state index contributed by atoms with van der Waals surface area (Å²) in [6.45, 7) is 13.9. The Hall–Kier alpha value is -4.78. The summed E-state index contributed by atoms with van der Waals surface area (Å²) in [6, 6.07) is 12.7. The number of aromatic nitrogens is 2. The molecule has 2 aromatic carbocycles. The Labute approximate surface area is 399 Å². The van der Waals surface area contributed by atoms with Crippen molar-refractivity contribution in [1.82, 2.24) is 20.6 Å². The number of hydrogen-bond donors (Lipinski definition) is 6. The van der Waals surface area contributed by atoms with Gasteiger partial charge in [0.2, 0.25) is 5.91 Å². The Bertz CT molecular complexity index is 2420. The lowest BCUT2D eigenvalue weighted by Gasteiger charge is -2.39. The molecule has 4 fully saturated rings. The van der Waals surface area contributed by atoms with Gasteiger partial charge in [-0.1, -0.05) is 35.8 Å². The largest absolute Gasteiger partial charge is 0.385 e. The lowest BCUT2D eigenvalue weighted by Crippen LogP contribution is -2.46. The quantitative estimate of drug-likeness (QED) is 0.0680. The van der Waals surface area contributed by atoms with Crippen LogP contribution < -0.4 is 31.9 Å². The molecule has 4 saturated heterocycles. The number of rotatable bonds is 14. The highest BCUT2D eigenvalue weighted by molar-refractivity contribution is 6.33. The molecule has 2 aromatic heterocycles. The minimum absolute atomic E-state index is 0.0361. The lowest BCUT2D eigenvalue weighted by atomic mass is 9.79. The van der Waals surface area contributed by atoms with Crippen LogP contribution in [-0.2, 0) is 28.5 Å². The average Bonchev–Trinajstić information content (AvgIpc) is 3.62. The first kappa shape index (κ1) is 48.7. The third kappa shape index (κ3) is 12.7. The Morgan fingerprint density at radius 1 is 0.821 bits per heavy atom. The summed E-state index contributed by atoms with van der Waals surface area (Å²) in [4.78, 5) is 35.3. The smallest absolute Gasteiger partial charge is 0.252 e. The standard InChI is InChI=1S/C49H58Cl2F2N8O6/c1-28(47(62)60-45-16-36(39(50)23-58-45)30-4-6-42(53)43(14-30)57-22-35-26-65-27-49(2,3)67-35)31-13-32(20-55-19-31)44-12-29(8-10-66-44)18-56-34-5-7-41(52)38(15-34)37-17-46(59-24-40(37)51)61-48(63)33-21-54-9-11-64-25-33/h4-7,14-17,23-24,29,31-33,35,44,54-57H,1,8-13,18-22,25-27H2,2-3H3,(H,58,60,62)(H,59,61,63). The number of benzene rings is 2. The molecule has 0 saturated carbocycles. The zero-order valence-electron chi connectivity index (χ0n) is 37.7. The van der Waals surface area contributed by atoms with E-state index in [4.69, 9.17) is 42.1 Å². The molecule has 6 atom stereocenters. The van der Waals surface area contributed by atoms with E-state index in [9.17, 15) is 14.0 Å². The topological polar surface area (TPSA) is 169 Å². The van der Waals surface area contributed by atoms with Crippen LogP contribution in [0.5, 0.6) is 0 Å². The van der Waals surface area contributed by atoms with Crippen molar-refractivity contribution in [2.45, 2.75) is 50.9 Å². The predicted octanol–water partition coefficient (Wildman–Crippen LogP) is 7.80. The van der Waals surface area contributed by atoms with E-state index < -0.39 is 17.2 Å². The van der Waals surface area contributed by atoms with Crippen molar-refractivity contribution >= 4 is 58.0 Å². The Kier molecular flexibility index (Phi) is 16.1. The monoisotopic (exact) mass is 962 g/mol. The van der Waals surface area contributed by atoms with Gasteiger partial charge in [-0.3, -0.25) is 9.59 Å². The van der Waals surface area contributed by atoms with E-state index in [1.165, 1.54) is 24.5 Å². The number of hydrogen-bond acceptors (Lipinski definition) is 12. The summed E-state index contributed by atoms with van der Waals surface area (Å²) in [7, 11) is 0. The van der Waals surface area contributed by atoms with Gasteiger partial charge in [0.1, 0.15) is 23.3 Å². The van der Waals surface area contributed by atoms with Crippen LogP contribution in [0.15, 0.2) is 73.1 Å². The SMILES string of the molecule is C=C(C(=O)Nc1cc(-c2ccc(F)c(NCC3COCC(C)(C)O3)c2)c(Cl)cn1)C1CNCC(C2CC(CNc3ccc(F)c(-c4cc(NC(=O)C5CNCCOC5)ncc4Cl)c3)CCO2)C1. The summed E-state index contributed by atoms with van der Waals surface area (Å²) in [5.74, 6) is -1.03. The number of pyridine rings is 2. The van der Waals surface area contributed by atoms with Gasteiger partial charge in [-0.05, 0) is 93.0 Å². The van der Waals surface area contributed by atoms with Crippen LogP contribution >= 0.6 is 23.2 Å². The van der Waals surface area contributed by atoms with Crippen molar-refractivity contribution in [2.24, 2.45) is 23.7 Å². The number of nitrogens with zero attached hydrogens (tertiary/aromatic N) is 2. The van der Waals surface area contributed by atoms with E-state index in [-0.39, 0.29) is 75.6 Å². The van der Waals surface area contributed by atoms with Gasteiger partial charge in [0.05, 0.1) is 65.9 Å². The molecule has 4 aliphatic heterocycles. The number of piperidine rings is 1. The van der Waals surface area contributed by atoms with Crippen LogP contribution in [0.1, 0.15) is 33.1 Å². The van der Waals surface area contributed by atoms with Crippen LogP contribution in [0, 0.1) is 35.3 Å². The summed E-state index contributed by atoms with van der Waals surface area (Å²) < 4.78 is 53.9. The molecule has 4 aromatic rings. The van der Waals surface area contributed by atoms with E-state index >= 15 is 4.39 Å². The van der Waals surface area contributed by atoms with Gasteiger partial charge in [-0.15, -0.1) is 0 Å². The van der Waals surface area contributed by atoms with E-state index in [1.54, 1.807) is 36.4 Å². The molecule has 2 amide bonds. The van der Waals surface area contributed by atoms with Gasteiger partial charge in [0.15, 0.2) is 0 Å². The number of ether oxygens (including phenoxy) is 4. The van der Waals surface area contributed by atoms with Crippen molar-refractivity contribution in [3.8, 4) is 22.3 Å². The second-order valence-electron chi connectivity index (χ2n) is 18.4. The highest BCUT2D eigenvalue weighted by atomic mass is 35.5. The fraction of sp³-hybridized carbons (Fsp3) is 0.469. The van der Waals surface area contributed by atoms with Crippen molar-refractivity contribution in [1.29, 1.82) is 0 Å². The fourth-order valence-electron chi connectivity index (χ4n) is 9.08. The molecule has 8 rings (SSSR count). The van der Waals surface area contributed by atoms with Gasteiger partial charge >= 0.3 is 0 Å². The third-order valence-electron chi connectivity index (χ3n) is 12.7. The summed E-state index contributed by atoms with van der Waals surface area (Å²) in [5.41, 5.74) is 2.92. The molecule has 18 heteroatoms. The molecular weight excluding hydrogens is 905 g/mol. The lowest BCUT2D eigenvalue weighted by molar-refractivity contribution is -0.177. The molecule has 6 unspecified atom stereocenters. The summed E-state index contributed by atoms with van der Waals surface area (Å²) in [5, 5.41) is 19.7. The van der Waals surface area contributed by atoms with E-state index in [0.29, 0.717) is 99.5 Å². The van der Waals surface area contributed by atoms with Gasteiger partial charge in [0.25, 0.3) is 5.91 Å². The molecule has 358 valence electrons. The maximum Gasteiger partial charge on any atom is 0.252 e. The molecule has 0 radical (unpaired) electrons. The van der Waals surface area contributed by atoms with Crippen LogP contribution in [-0.4, -0.2) is 112 Å². The molecule has 6 N–H and O–H groups in total. The Balaban J connectivity index is 0.845. The number of nitrogens with one attached hydrogen (secondary N) is 6. The Morgan fingerprint density at radius 3 is 2.40 bits per heavy atom. The van der Waals surface area contributed by atoms with Crippen LogP contribution in [0.4, 0.5) is 31.8 Å². The van der Waals surface area contributed by atoms with Gasteiger partial charge in [-0.25, -0.2) is 18.7 Å². The van der Waals surface area contributed by atoms with Gasteiger partial charge in [-0.2, -0.15) is 0 Å². The van der Waals surface area contributed by atoms with E-state index in [2.05, 4.69) is 48.4 Å². The molecule has 4 aliphatic rings. The molecule has 0 spiro atoms. The number of carbonyl (C=O) groups is 2. The van der Waals surface area contributed by atoms with Crippen LogP contribution in [0.25, 0.3) is 22.3 Å². The maximum absolute atomic E-state index is 15.4. The van der Waals surface area contributed by atoms with Gasteiger partial charge in [0, 0.05) is 92.1 Å². The molecule has 67 heavy (non-hydrogen) atoms. The number of carbonyl (C=O) groups excluding carboxylic acids is 2. The van der Waals surface area contributed by atoms with Crippen molar-refractivity contribution in [3.05, 3.63) is 94.8 Å². The second kappa shape index (κ2) is 22.1. The second-order valence-corrected chi connectivity index (χ2v) is 19.2. The van der Waals surface area contributed by atoms with Crippen molar-refractivity contribution in [2.75, 3.05) is 93.6 Å². The molecule has 0 bridgehead atoms. The number of anilines is 4. The molecule has 0 aliphatic carbocycles. The summed E-state index contributed by atoms with van der Waals surface area (Å²) >= 11 is 13.1. The van der Waals surface area contributed by atoms with E-state index in [1.807, 2.05) is 13.8 Å². The minimum atomic E-state index is -0.457. The predicted molar refractivity (Wildman–Crippen MR) is 257 cm³/mol. The number of halogens is 4. The highest BCUT2D eigenvalue weighted by Gasteiger charge is 2.35. The third-order valence-corrected chi connectivity index (χ3v) is 13.3. The molecule has 6 heterocycles. The maximum atomic E-state index is 15.4. The normalized spacial score (nSPS) is 24.2. The van der Waals surface area contributed by atoms with Crippen LogP contribution in [0.3, 0.4) is 0 Å². The highest BCUT2D eigenvalue weighted by Crippen LogP contribution is 2.37. The van der Waals surface area contributed by atoms with Crippen LogP contribution in [0.2, 0.25) is 10.0 Å². The summed E-state index contributed by atoms with van der Waals surface area (Å²) in [6.07, 6.45) is 4.96. The van der Waals surface area contributed by atoms with Crippen molar-refractivity contribution in [3.63, 3.8) is 0 Å². The zero-order valence-corrected chi connectivity index (χ0v) is 39.2. The minimum Gasteiger partial charge on any atom is -0.385 e. The first-order chi connectivity index (χ1) is 32.3. The molecular formula is C49H58Cl2F2N8O6. The first-order valence-electron chi connectivity index (χ1n) is 22.8. The zero-order chi connectivity index (χ0) is 47.1. The van der Waals surface area contributed by atoms with Crippen molar-refractivity contribution < 1.29 is 37.3 Å². The number of amides is 2. The molecule has 14 nitrogen and oxygen atoms in total. The fourth-order valence-corrected chi connectivity index (χ4v) is 9.49. The Morgan fingerprint density at radius 2 is 1.58 bits per heavy atom. The average molecular weight is 964 g/mol. The van der Waals surface area contributed by atoms with E-state index in [0.717, 1.165) is 25.1 Å². The van der Waals surface area contributed by atoms with Gasteiger partial charge < -0.3 is 50.8 Å². The first-order valence-corrected chi connectivity index (χ1v) is 23.6.